The Morgan fingerprint density at radius 2 is 2.11 bits per heavy atom. The molecule has 0 bridgehead atoms. The molecule has 0 aliphatic heterocycles. The summed E-state index contributed by atoms with van der Waals surface area (Å²) >= 11 is 0. The van der Waals surface area contributed by atoms with Crippen molar-refractivity contribution in [2.24, 2.45) is 0 Å². The van der Waals surface area contributed by atoms with Crippen LogP contribution in [0.25, 0.3) is 10.9 Å². The van der Waals surface area contributed by atoms with Gasteiger partial charge in [-0.15, -0.1) is 13.2 Å². The van der Waals surface area contributed by atoms with Gasteiger partial charge in [-0.2, -0.15) is 0 Å². The SMILES string of the molecule is CCNC(=O)c1cc2cc(OC(F)(F)F)ccc2[nH]1. The normalized spacial score (nSPS) is 11.6. The molecule has 1 aromatic heterocycles. The summed E-state index contributed by atoms with van der Waals surface area (Å²) in [6.45, 7) is 2.24. The van der Waals surface area contributed by atoms with E-state index in [2.05, 4.69) is 15.0 Å². The molecule has 0 aliphatic rings. The molecule has 4 nitrogen and oxygen atoms in total. The maximum absolute atomic E-state index is 12.1. The van der Waals surface area contributed by atoms with Gasteiger partial charge in [0.2, 0.25) is 0 Å². The molecule has 102 valence electrons. The highest BCUT2D eigenvalue weighted by atomic mass is 19.4. The Morgan fingerprint density at radius 3 is 2.74 bits per heavy atom. The number of amides is 1. The number of carbonyl (C=O) groups excluding carboxylic acids is 1. The Hall–Kier alpha value is -2.18. The largest absolute Gasteiger partial charge is 0.573 e. The summed E-state index contributed by atoms with van der Waals surface area (Å²) in [4.78, 5) is 14.4. The van der Waals surface area contributed by atoms with Crippen molar-refractivity contribution in [2.45, 2.75) is 13.3 Å². The summed E-state index contributed by atoms with van der Waals surface area (Å²) in [6, 6.07) is 5.32. The lowest BCUT2D eigenvalue weighted by molar-refractivity contribution is -0.274. The molecule has 0 saturated heterocycles. The minimum atomic E-state index is -4.73. The van der Waals surface area contributed by atoms with E-state index >= 15 is 0 Å². The summed E-state index contributed by atoms with van der Waals surface area (Å²) in [5.74, 6) is -0.626. The second-order valence-electron chi connectivity index (χ2n) is 3.84. The summed E-state index contributed by atoms with van der Waals surface area (Å²) in [5, 5.41) is 3.07. The quantitative estimate of drug-likeness (QED) is 0.902. The van der Waals surface area contributed by atoms with Crippen LogP contribution in [0.3, 0.4) is 0 Å². The number of fused-ring (bicyclic) bond motifs is 1. The maximum atomic E-state index is 12.1. The van der Waals surface area contributed by atoms with E-state index in [1.165, 1.54) is 24.3 Å². The number of H-pyrrole nitrogens is 1. The first-order valence-electron chi connectivity index (χ1n) is 5.56. The van der Waals surface area contributed by atoms with Crippen molar-refractivity contribution >= 4 is 16.8 Å². The molecule has 19 heavy (non-hydrogen) atoms. The molecular formula is C12H11F3N2O2. The standard InChI is InChI=1S/C12H11F3N2O2/c1-2-16-11(18)10-6-7-5-8(19-12(13,14)15)3-4-9(7)17-10/h3-6,17H,2H2,1H3,(H,16,18). The Morgan fingerprint density at radius 1 is 1.37 bits per heavy atom. The highest BCUT2D eigenvalue weighted by molar-refractivity contribution is 5.98. The molecule has 0 atom stereocenters. The average molecular weight is 272 g/mol. The molecule has 0 spiro atoms. The van der Waals surface area contributed by atoms with E-state index in [-0.39, 0.29) is 11.7 Å². The van der Waals surface area contributed by atoms with Crippen LogP contribution in [0.15, 0.2) is 24.3 Å². The monoisotopic (exact) mass is 272 g/mol. The van der Waals surface area contributed by atoms with E-state index in [4.69, 9.17) is 0 Å². The predicted octanol–water partition coefficient (Wildman–Crippen LogP) is 2.82. The zero-order valence-electron chi connectivity index (χ0n) is 9.97. The number of aromatic nitrogens is 1. The van der Waals surface area contributed by atoms with Gasteiger partial charge in [-0.1, -0.05) is 0 Å². The van der Waals surface area contributed by atoms with Crippen molar-refractivity contribution in [3.05, 3.63) is 30.0 Å². The summed E-state index contributed by atoms with van der Waals surface area (Å²) in [7, 11) is 0. The van der Waals surface area contributed by atoms with E-state index in [1.54, 1.807) is 6.92 Å². The van der Waals surface area contributed by atoms with Crippen molar-refractivity contribution in [1.82, 2.24) is 10.3 Å². The van der Waals surface area contributed by atoms with Crippen LogP contribution in [0.1, 0.15) is 17.4 Å². The van der Waals surface area contributed by atoms with Crippen molar-refractivity contribution in [3.8, 4) is 5.75 Å². The molecular weight excluding hydrogens is 261 g/mol. The molecule has 1 heterocycles. The number of hydrogen-bond donors (Lipinski definition) is 2. The van der Waals surface area contributed by atoms with Crippen molar-refractivity contribution in [3.63, 3.8) is 0 Å². The number of ether oxygens (including phenoxy) is 1. The smallest absolute Gasteiger partial charge is 0.406 e. The van der Waals surface area contributed by atoms with Crippen LogP contribution >= 0.6 is 0 Å². The highest BCUT2D eigenvalue weighted by Gasteiger charge is 2.31. The molecule has 0 aliphatic carbocycles. The van der Waals surface area contributed by atoms with E-state index in [1.807, 2.05) is 0 Å². The van der Waals surface area contributed by atoms with Gasteiger partial charge in [-0.25, -0.2) is 0 Å². The van der Waals surface area contributed by atoms with Crippen LogP contribution < -0.4 is 10.1 Å². The lowest BCUT2D eigenvalue weighted by Crippen LogP contribution is -2.22. The zero-order valence-corrected chi connectivity index (χ0v) is 9.97. The summed E-state index contributed by atoms with van der Waals surface area (Å²) < 4.78 is 40.1. The fourth-order valence-electron chi connectivity index (χ4n) is 1.69. The summed E-state index contributed by atoms with van der Waals surface area (Å²) in [6.07, 6.45) is -4.73. The van der Waals surface area contributed by atoms with Gasteiger partial charge < -0.3 is 15.0 Å². The van der Waals surface area contributed by atoms with Crippen LogP contribution in [0.4, 0.5) is 13.2 Å². The Bertz CT molecular complexity index is 605. The number of benzene rings is 1. The average Bonchev–Trinajstić information content (AvgIpc) is 2.70. The lowest BCUT2D eigenvalue weighted by atomic mass is 10.2. The minimum absolute atomic E-state index is 0.293. The molecule has 1 aromatic carbocycles. The fourth-order valence-corrected chi connectivity index (χ4v) is 1.69. The van der Waals surface area contributed by atoms with Crippen LogP contribution in [0.5, 0.6) is 5.75 Å². The van der Waals surface area contributed by atoms with Gasteiger partial charge in [0.15, 0.2) is 0 Å². The van der Waals surface area contributed by atoms with E-state index in [0.717, 1.165) is 0 Å². The van der Waals surface area contributed by atoms with Crippen molar-refractivity contribution < 1.29 is 22.7 Å². The van der Waals surface area contributed by atoms with Gasteiger partial charge in [-0.3, -0.25) is 4.79 Å². The van der Waals surface area contributed by atoms with Gasteiger partial charge in [0.25, 0.3) is 5.91 Å². The van der Waals surface area contributed by atoms with Crippen LogP contribution in [0, 0.1) is 0 Å². The molecule has 0 radical (unpaired) electrons. The van der Waals surface area contributed by atoms with Crippen molar-refractivity contribution in [1.29, 1.82) is 0 Å². The number of aromatic amines is 1. The minimum Gasteiger partial charge on any atom is -0.406 e. The van der Waals surface area contributed by atoms with Gasteiger partial charge in [-0.05, 0) is 31.2 Å². The fraction of sp³-hybridized carbons (Fsp3) is 0.250. The van der Waals surface area contributed by atoms with Gasteiger partial charge in [0, 0.05) is 17.4 Å². The number of halogens is 3. The second kappa shape index (κ2) is 4.83. The van der Waals surface area contributed by atoms with Crippen LogP contribution in [0.2, 0.25) is 0 Å². The third kappa shape index (κ3) is 3.18. The van der Waals surface area contributed by atoms with E-state index in [0.29, 0.717) is 23.1 Å². The van der Waals surface area contributed by atoms with E-state index in [9.17, 15) is 18.0 Å². The molecule has 0 saturated carbocycles. The third-order valence-corrected chi connectivity index (χ3v) is 2.41. The third-order valence-electron chi connectivity index (χ3n) is 2.41. The molecule has 2 aromatic rings. The molecule has 2 rings (SSSR count). The molecule has 7 heteroatoms. The molecule has 0 fully saturated rings. The zero-order chi connectivity index (χ0) is 14.0. The number of carbonyl (C=O) groups is 1. The Balaban J connectivity index is 2.31. The first kappa shape index (κ1) is 13.3. The first-order chi connectivity index (χ1) is 8.89. The number of alkyl halides is 3. The first-order valence-corrected chi connectivity index (χ1v) is 5.56. The number of rotatable bonds is 3. The Kier molecular flexibility index (Phi) is 3.37. The van der Waals surface area contributed by atoms with Crippen molar-refractivity contribution in [2.75, 3.05) is 6.54 Å². The topological polar surface area (TPSA) is 54.1 Å². The van der Waals surface area contributed by atoms with Gasteiger partial charge in [0.1, 0.15) is 11.4 Å². The number of hydrogen-bond acceptors (Lipinski definition) is 2. The highest BCUT2D eigenvalue weighted by Crippen LogP contribution is 2.26. The molecule has 1 amide bonds. The van der Waals surface area contributed by atoms with E-state index < -0.39 is 6.36 Å². The van der Waals surface area contributed by atoms with Crippen LogP contribution in [-0.2, 0) is 0 Å². The predicted molar refractivity (Wildman–Crippen MR) is 63.0 cm³/mol. The van der Waals surface area contributed by atoms with Gasteiger partial charge in [0.05, 0.1) is 0 Å². The lowest BCUT2D eigenvalue weighted by Gasteiger charge is -2.08. The maximum Gasteiger partial charge on any atom is 0.573 e. The second-order valence-corrected chi connectivity index (χ2v) is 3.84. The summed E-state index contributed by atoms with van der Waals surface area (Å²) in [5.41, 5.74) is 0.858. The molecule has 2 N–H and O–H groups in total. The van der Waals surface area contributed by atoms with Gasteiger partial charge >= 0.3 is 6.36 Å². The Labute approximate surface area is 106 Å². The number of nitrogens with one attached hydrogen (secondary N) is 2. The molecule has 0 unspecified atom stereocenters. The van der Waals surface area contributed by atoms with Crippen LogP contribution in [-0.4, -0.2) is 23.8 Å².